The standard InChI is InChI=1S/C16H13NO5/c1-20-11-4-5-13-10(7-11)8-14(22-16(13)19)15(18)17-9-12-3-2-6-21-12/h2-8H,9H2,1H3,(H,17,18). The van der Waals surface area contributed by atoms with Gasteiger partial charge in [-0.1, -0.05) is 0 Å². The van der Waals surface area contributed by atoms with Crippen LogP contribution in [0.4, 0.5) is 0 Å². The van der Waals surface area contributed by atoms with Gasteiger partial charge in [0.15, 0.2) is 5.76 Å². The summed E-state index contributed by atoms with van der Waals surface area (Å²) < 4.78 is 15.3. The van der Waals surface area contributed by atoms with Crippen LogP contribution >= 0.6 is 0 Å². The predicted octanol–water partition coefficient (Wildman–Crippen LogP) is 2.32. The summed E-state index contributed by atoms with van der Waals surface area (Å²) in [5.74, 6) is 0.661. The van der Waals surface area contributed by atoms with Gasteiger partial charge in [0, 0.05) is 0 Å². The van der Waals surface area contributed by atoms with Crippen molar-refractivity contribution < 1.29 is 18.4 Å². The quantitative estimate of drug-likeness (QED) is 0.799. The van der Waals surface area contributed by atoms with E-state index in [4.69, 9.17) is 13.6 Å². The van der Waals surface area contributed by atoms with Crippen LogP contribution in [0.2, 0.25) is 0 Å². The first-order chi connectivity index (χ1) is 10.7. The lowest BCUT2D eigenvalue weighted by molar-refractivity contribution is 0.0916. The first-order valence-electron chi connectivity index (χ1n) is 6.60. The number of methoxy groups -OCH3 is 1. The molecule has 3 aromatic rings. The molecular formula is C16H13NO5. The van der Waals surface area contributed by atoms with Crippen molar-refractivity contribution in [1.82, 2.24) is 5.32 Å². The third kappa shape index (κ3) is 2.71. The summed E-state index contributed by atoms with van der Waals surface area (Å²) in [7, 11) is 1.53. The molecule has 0 spiro atoms. The number of fused-ring (bicyclic) bond motifs is 1. The average molecular weight is 299 g/mol. The van der Waals surface area contributed by atoms with Crippen LogP contribution in [0.3, 0.4) is 0 Å². The highest BCUT2D eigenvalue weighted by molar-refractivity contribution is 5.95. The number of benzene rings is 1. The molecule has 0 fully saturated rings. The van der Waals surface area contributed by atoms with Crippen molar-refractivity contribution in [2.45, 2.75) is 6.54 Å². The lowest BCUT2D eigenvalue weighted by Crippen LogP contribution is -2.23. The lowest BCUT2D eigenvalue weighted by atomic mass is 10.1. The Morgan fingerprint density at radius 1 is 1.27 bits per heavy atom. The number of nitrogens with one attached hydrogen (secondary N) is 1. The molecule has 6 heteroatoms. The highest BCUT2D eigenvalue weighted by atomic mass is 16.5. The minimum absolute atomic E-state index is 0.0580. The maximum absolute atomic E-state index is 12.1. The molecule has 112 valence electrons. The maximum atomic E-state index is 12.1. The summed E-state index contributed by atoms with van der Waals surface area (Å²) in [5.41, 5.74) is -0.566. The first kappa shape index (κ1) is 13.9. The van der Waals surface area contributed by atoms with Crippen LogP contribution in [0.25, 0.3) is 10.8 Å². The Hall–Kier alpha value is -3.02. The molecule has 6 nitrogen and oxygen atoms in total. The van der Waals surface area contributed by atoms with Gasteiger partial charge in [0.25, 0.3) is 5.91 Å². The van der Waals surface area contributed by atoms with Crippen LogP contribution in [0, 0.1) is 0 Å². The van der Waals surface area contributed by atoms with Gasteiger partial charge >= 0.3 is 5.63 Å². The monoisotopic (exact) mass is 299 g/mol. The predicted molar refractivity (Wildman–Crippen MR) is 78.9 cm³/mol. The molecule has 2 heterocycles. The molecule has 0 unspecified atom stereocenters. The van der Waals surface area contributed by atoms with E-state index in [9.17, 15) is 9.59 Å². The van der Waals surface area contributed by atoms with Gasteiger partial charge in [-0.3, -0.25) is 4.79 Å². The van der Waals surface area contributed by atoms with Crippen molar-refractivity contribution in [2.75, 3.05) is 7.11 Å². The summed E-state index contributed by atoms with van der Waals surface area (Å²) in [6, 6.07) is 9.92. The lowest BCUT2D eigenvalue weighted by Gasteiger charge is -2.05. The molecule has 0 aliphatic heterocycles. The van der Waals surface area contributed by atoms with Gasteiger partial charge in [-0.15, -0.1) is 0 Å². The molecule has 0 atom stereocenters. The van der Waals surface area contributed by atoms with E-state index in [1.807, 2.05) is 0 Å². The van der Waals surface area contributed by atoms with Gasteiger partial charge in [-0.2, -0.15) is 0 Å². The number of amides is 1. The summed E-state index contributed by atoms with van der Waals surface area (Å²) in [4.78, 5) is 24.0. The molecule has 1 N–H and O–H groups in total. The normalized spacial score (nSPS) is 10.6. The second kappa shape index (κ2) is 5.77. The van der Waals surface area contributed by atoms with Crippen molar-refractivity contribution in [1.29, 1.82) is 0 Å². The summed E-state index contributed by atoms with van der Waals surface area (Å²) >= 11 is 0. The van der Waals surface area contributed by atoms with Gasteiger partial charge in [-0.05, 0) is 41.8 Å². The SMILES string of the molecule is COc1ccc2c(=O)oc(C(=O)NCc3ccco3)cc2c1. The third-order valence-corrected chi connectivity index (χ3v) is 3.19. The van der Waals surface area contributed by atoms with E-state index in [0.717, 1.165) is 0 Å². The smallest absolute Gasteiger partial charge is 0.344 e. The molecule has 22 heavy (non-hydrogen) atoms. The van der Waals surface area contributed by atoms with Crippen molar-refractivity contribution in [3.05, 3.63) is 64.6 Å². The number of rotatable bonds is 4. The molecule has 0 aliphatic rings. The van der Waals surface area contributed by atoms with Crippen LogP contribution in [-0.4, -0.2) is 13.0 Å². The van der Waals surface area contributed by atoms with Gasteiger partial charge in [-0.25, -0.2) is 4.79 Å². The van der Waals surface area contributed by atoms with Crippen molar-refractivity contribution in [2.24, 2.45) is 0 Å². The number of hydrogen-bond donors (Lipinski definition) is 1. The van der Waals surface area contributed by atoms with Crippen LogP contribution in [0.5, 0.6) is 5.75 Å². The van der Waals surface area contributed by atoms with Crippen molar-refractivity contribution in [3.63, 3.8) is 0 Å². The van der Waals surface area contributed by atoms with E-state index in [2.05, 4.69) is 5.32 Å². The Kier molecular flexibility index (Phi) is 3.65. The number of carbonyl (C=O) groups excluding carboxylic acids is 1. The van der Waals surface area contributed by atoms with E-state index in [1.165, 1.54) is 19.4 Å². The molecule has 3 rings (SSSR count). The third-order valence-electron chi connectivity index (χ3n) is 3.19. The highest BCUT2D eigenvalue weighted by Crippen LogP contribution is 2.19. The number of hydrogen-bond acceptors (Lipinski definition) is 5. The Morgan fingerprint density at radius 3 is 2.86 bits per heavy atom. The van der Waals surface area contributed by atoms with E-state index in [1.54, 1.807) is 30.3 Å². The molecule has 0 saturated carbocycles. The Bertz CT molecular complexity index is 864. The zero-order chi connectivity index (χ0) is 15.5. The minimum Gasteiger partial charge on any atom is -0.497 e. The van der Waals surface area contributed by atoms with E-state index >= 15 is 0 Å². The Balaban J connectivity index is 1.89. The summed E-state index contributed by atoms with van der Waals surface area (Å²) in [6.07, 6.45) is 1.52. The van der Waals surface area contributed by atoms with E-state index in [-0.39, 0.29) is 12.3 Å². The van der Waals surface area contributed by atoms with Crippen molar-refractivity contribution in [3.8, 4) is 5.75 Å². The molecule has 1 amide bonds. The fourth-order valence-electron chi connectivity index (χ4n) is 2.08. The number of furan rings is 1. The summed E-state index contributed by atoms with van der Waals surface area (Å²) in [5, 5.41) is 3.60. The second-order valence-electron chi connectivity index (χ2n) is 4.61. The van der Waals surface area contributed by atoms with Gasteiger partial charge in [0.05, 0.1) is 25.3 Å². The number of ether oxygens (including phenoxy) is 1. The highest BCUT2D eigenvalue weighted by Gasteiger charge is 2.13. The molecule has 0 radical (unpaired) electrons. The first-order valence-corrected chi connectivity index (χ1v) is 6.60. The fourth-order valence-corrected chi connectivity index (χ4v) is 2.08. The minimum atomic E-state index is -0.566. The van der Waals surface area contributed by atoms with Crippen LogP contribution in [-0.2, 0) is 6.54 Å². The van der Waals surface area contributed by atoms with Gasteiger partial charge in [0.1, 0.15) is 11.5 Å². The van der Waals surface area contributed by atoms with Crippen LogP contribution in [0.1, 0.15) is 16.3 Å². The average Bonchev–Trinajstić information content (AvgIpc) is 3.05. The Labute approximate surface area is 125 Å². The second-order valence-corrected chi connectivity index (χ2v) is 4.61. The van der Waals surface area contributed by atoms with Crippen LogP contribution in [0.15, 0.2) is 56.3 Å². The van der Waals surface area contributed by atoms with E-state index in [0.29, 0.717) is 22.3 Å². The number of carbonyl (C=O) groups is 1. The maximum Gasteiger partial charge on any atom is 0.344 e. The Morgan fingerprint density at radius 2 is 2.14 bits per heavy atom. The topological polar surface area (TPSA) is 81.7 Å². The van der Waals surface area contributed by atoms with Gasteiger partial charge < -0.3 is 18.9 Å². The molecule has 0 aliphatic carbocycles. The van der Waals surface area contributed by atoms with Gasteiger partial charge in [0.2, 0.25) is 0 Å². The van der Waals surface area contributed by atoms with E-state index < -0.39 is 11.5 Å². The summed E-state index contributed by atoms with van der Waals surface area (Å²) in [6.45, 7) is 0.214. The zero-order valence-electron chi connectivity index (χ0n) is 11.8. The molecule has 0 bridgehead atoms. The van der Waals surface area contributed by atoms with Crippen molar-refractivity contribution >= 4 is 16.7 Å². The molecule has 1 aromatic carbocycles. The molecule has 0 saturated heterocycles. The van der Waals surface area contributed by atoms with Crippen LogP contribution < -0.4 is 15.7 Å². The zero-order valence-corrected chi connectivity index (χ0v) is 11.8. The largest absolute Gasteiger partial charge is 0.497 e. The molecular weight excluding hydrogens is 286 g/mol. The molecule has 2 aromatic heterocycles. The fraction of sp³-hybridized carbons (Fsp3) is 0.125.